The van der Waals surface area contributed by atoms with Crippen LogP contribution in [-0.2, 0) is 14.4 Å². The van der Waals surface area contributed by atoms with Crippen LogP contribution in [0.5, 0.6) is 0 Å². The summed E-state index contributed by atoms with van der Waals surface area (Å²) in [6.07, 6.45) is 6.93. The maximum absolute atomic E-state index is 12.3. The van der Waals surface area contributed by atoms with Gasteiger partial charge in [-0.05, 0) is 48.9 Å². The molecule has 3 saturated carbocycles. The molecule has 6 atom stereocenters. The first-order chi connectivity index (χ1) is 10.6. The summed E-state index contributed by atoms with van der Waals surface area (Å²) in [4.78, 5) is 40.4. The van der Waals surface area contributed by atoms with Gasteiger partial charge >= 0.3 is 0 Å². The zero-order valence-corrected chi connectivity index (χ0v) is 12.2. The smallest absolute Gasteiger partial charge is 0.294 e. The summed E-state index contributed by atoms with van der Waals surface area (Å²) in [5.74, 6) is 0.304. The Hall–Kier alpha value is -1.72. The number of nitrogens with zero attached hydrogens (tertiary/aromatic N) is 1. The van der Waals surface area contributed by atoms with Crippen molar-refractivity contribution < 1.29 is 19.5 Å². The molecule has 0 N–H and O–H groups in total. The van der Waals surface area contributed by atoms with E-state index in [0.717, 1.165) is 6.42 Å². The topological polar surface area (TPSA) is 86.5 Å². The van der Waals surface area contributed by atoms with Gasteiger partial charge in [-0.15, -0.1) is 10.1 Å². The minimum absolute atomic E-state index is 0.0357. The van der Waals surface area contributed by atoms with Gasteiger partial charge in [0.05, 0.1) is 5.92 Å². The molecule has 0 amide bonds. The molecular weight excluding hydrogens is 286 g/mol. The number of allylic oxidation sites excluding steroid dienone is 2. The lowest BCUT2D eigenvalue weighted by atomic mass is 9.72. The van der Waals surface area contributed by atoms with Crippen LogP contribution < -0.4 is 0 Å². The molecule has 0 heterocycles. The lowest BCUT2D eigenvalue weighted by Crippen LogP contribution is -2.39. The van der Waals surface area contributed by atoms with Crippen molar-refractivity contribution in [3.8, 4) is 0 Å². The number of carbonyl (C=O) groups excluding carboxylic acids is 2. The standard InChI is InChI=1S/C16H19NO5/c18-11-5-2-6-12(19)16(11)15-10-7-13(22-17(20)21)14(15)9-4-1-3-8(9)10/h1,3,8-10,13-16H,2,4-7H2/t8-,9+,10+,13-,14+,15+/m1/s1. The van der Waals surface area contributed by atoms with Gasteiger partial charge in [-0.1, -0.05) is 12.2 Å². The minimum Gasteiger partial charge on any atom is -0.310 e. The molecule has 22 heavy (non-hydrogen) atoms. The van der Waals surface area contributed by atoms with Crippen LogP contribution in [0.25, 0.3) is 0 Å². The fourth-order valence-electron chi connectivity index (χ4n) is 5.71. The Balaban J connectivity index is 1.67. The predicted molar refractivity (Wildman–Crippen MR) is 75.0 cm³/mol. The Morgan fingerprint density at radius 1 is 1.14 bits per heavy atom. The van der Waals surface area contributed by atoms with E-state index in [-0.39, 0.29) is 29.3 Å². The molecule has 6 heteroatoms. The van der Waals surface area contributed by atoms with Crippen molar-refractivity contribution in [1.82, 2.24) is 0 Å². The van der Waals surface area contributed by atoms with E-state index in [9.17, 15) is 19.7 Å². The second-order valence-corrected chi connectivity index (χ2v) is 7.09. The third-order valence-electron chi connectivity index (χ3n) is 6.27. The van der Waals surface area contributed by atoms with Gasteiger partial charge in [0, 0.05) is 12.8 Å². The van der Waals surface area contributed by atoms with E-state index in [2.05, 4.69) is 12.2 Å². The van der Waals surface area contributed by atoms with E-state index in [1.54, 1.807) is 0 Å². The number of hydrogen-bond donors (Lipinski definition) is 0. The average Bonchev–Trinajstić information content (AvgIpc) is 3.09. The van der Waals surface area contributed by atoms with E-state index >= 15 is 0 Å². The molecule has 4 aliphatic rings. The SMILES string of the molecule is O=C1CCCC(=O)C1[C@H]1[C@H]2C[C@@H](O[N+](=O)[O-])[C@@H]1[C@H]1CC=C[C@@H]21. The van der Waals surface area contributed by atoms with Crippen LogP contribution in [0.4, 0.5) is 0 Å². The zero-order chi connectivity index (χ0) is 15.4. The molecule has 0 spiro atoms. The molecule has 0 aliphatic heterocycles. The molecule has 4 rings (SSSR count). The Morgan fingerprint density at radius 3 is 2.55 bits per heavy atom. The highest BCUT2D eigenvalue weighted by molar-refractivity contribution is 6.04. The minimum atomic E-state index is -0.718. The normalized spacial score (nSPS) is 43.6. The summed E-state index contributed by atoms with van der Waals surface area (Å²) in [6.45, 7) is 0. The Kier molecular flexibility index (Phi) is 3.09. The first-order valence-corrected chi connectivity index (χ1v) is 8.11. The Bertz CT molecular complexity index is 555. The third-order valence-corrected chi connectivity index (χ3v) is 6.27. The lowest BCUT2D eigenvalue weighted by Gasteiger charge is -2.31. The van der Waals surface area contributed by atoms with Crippen LogP contribution in [-0.4, -0.2) is 22.8 Å². The number of fused-ring (bicyclic) bond motifs is 5. The number of hydrogen-bond acceptors (Lipinski definition) is 5. The van der Waals surface area contributed by atoms with E-state index in [1.165, 1.54) is 0 Å². The maximum Gasteiger partial charge on any atom is 0.294 e. The van der Waals surface area contributed by atoms with Gasteiger partial charge in [0.2, 0.25) is 0 Å². The van der Waals surface area contributed by atoms with Crippen LogP contribution in [0.1, 0.15) is 32.1 Å². The van der Waals surface area contributed by atoms with Gasteiger partial charge in [0.15, 0.2) is 0 Å². The van der Waals surface area contributed by atoms with Crippen molar-refractivity contribution in [3.63, 3.8) is 0 Å². The molecule has 0 aromatic heterocycles. The quantitative estimate of drug-likeness (QED) is 0.344. The van der Waals surface area contributed by atoms with Crippen molar-refractivity contribution >= 4 is 11.6 Å². The third kappa shape index (κ3) is 1.85. The van der Waals surface area contributed by atoms with E-state index < -0.39 is 17.1 Å². The number of Topliss-reactive ketones (excluding diaryl/α,β-unsaturated/α-hetero) is 2. The van der Waals surface area contributed by atoms with Crippen molar-refractivity contribution in [2.24, 2.45) is 35.5 Å². The molecule has 3 fully saturated rings. The first kappa shape index (κ1) is 13.9. The second-order valence-electron chi connectivity index (χ2n) is 7.09. The number of carbonyl (C=O) groups is 2. The maximum atomic E-state index is 12.3. The highest BCUT2D eigenvalue weighted by atomic mass is 17.0. The molecule has 6 nitrogen and oxygen atoms in total. The zero-order valence-electron chi connectivity index (χ0n) is 12.2. The molecular formula is C16H19NO5. The van der Waals surface area contributed by atoms with Gasteiger partial charge in [-0.3, -0.25) is 9.59 Å². The van der Waals surface area contributed by atoms with E-state index in [1.807, 2.05) is 0 Å². The molecule has 118 valence electrons. The van der Waals surface area contributed by atoms with E-state index in [0.29, 0.717) is 37.5 Å². The molecule has 0 aromatic carbocycles. The van der Waals surface area contributed by atoms with Crippen LogP contribution in [0.15, 0.2) is 12.2 Å². The van der Waals surface area contributed by atoms with Crippen molar-refractivity contribution in [2.75, 3.05) is 0 Å². The van der Waals surface area contributed by atoms with Crippen molar-refractivity contribution in [1.29, 1.82) is 0 Å². The molecule has 0 radical (unpaired) electrons. The molecule has 0 unspecified atom stereocenters. The Morgan fingerprint density at radius 2 is 1.86 bits per heavy atom. The number of rotatable bonds is 3. The Labute approximate surface area is 128 Å². The van der Waals surface area contributed by atoms with Crippen LogP contribution in [0, 0.1) is 45.6 Å². The predicted octanol–water partition coefficient (Wildman–Crippen LogP) is 1.96. The monoisotopic (exact) mass is 305 g/mol. The summed E-state index contributed by atoms with van der Waals surface area (Å²) in [5.41, 5.74) is 0. The van der Waals surface area contributed by atoms with Crippen LogP contribution in [0.2, 0.25) is 0 Å². The highest BCUT2D eigenvalue weighted by Gasteiger charge is 2.63. The summed E-state index contributed by atoms with van der Waals surface area (Å²) < 4.78 is 0. The molecule has 0 saturated heterocycles. The second kappa shape index (κ2) is 4.89. The molecule has 2 bridgehead atoms. The summed E-state index contributed by atoms with van der Waals surface area (Å²) in [5, 5.41) is 10.1. The highest BCUT2D eigenvalue weighted by Crippen LogP contribution is 2.63. The van der Waals surface area contributed by atoms with Gasteiger partial charge in [0.25, 0.3) is 5.09 Å². The molecule has 0 aromatic rings. The summed E-state index contributed by atoms with van der Waals surface area (Å²) in [6, 6.07) is 0. The summed E-state index contributed by atoms with van der Waals surface area (Å²) >= 11 is 0. The van der Waals surface area contributed by atoms with Gasteiger partial charge in [-0.25, -0.2) is 0 Å². The van der Waals surface area contributed by atoms with Gasteiger partial charge in [-0.2, -0.15) is 0 Å². The van der Waals surface area contributed by atoms with Crippen molar-refractivity contribution in [3.05, 3.63) is 22.3 Å². The number of ketones is 2. The van der Waals surface area contributed by atoms with Gasteiger partial charge in [0.1, 0.15) is 17.7 Å². The molecule has 4 aliphatic carbocycles. The largest absolute Gasteiger partial charge is 0.310 e. The van der Waals surface area contributed by atoms with Crippen molar-refractivity contribution in [2.45, 2.75) is 38.2 Å². The van der Waals surface area contributed by atoms with Crippen LogP contribution in [0.3, 0.4) is 0 Å². The van der Waals surface area contributed by atoms with Crippen LogP contribution >= 0.6 is 0 Å². The average molecular weight is 305 g/mol. The fourth-order valence-corrected chi connectivity index (χ4v) is 5.71. The first-order valence-electron chi connectivity index (χ1n) is 8.11. The summed E-state index contributed by atoms with van der Waals surface area (Å²) in [7, 11) is 0. The van der Waals surface area contributed by atoms with E-state index in [4.69, 9.17) is 4.84 Å². The fraction of sp³-hybridized carbons (Fsp3) is 0.750. The lowest BCUT2D eigenvalue weighted by molar-refractivity contribution is -0.770. The van der Waals surface area contributed by atoms with Gasteiger partial charge < -0.3 is 4.84 Å².